The first-order valence-electron chi connectivity index (χ1n) is 7.06. The molecule has 4 nitrogen and oxygen atoms in total. The number of rotatable bonds is 3. The molecule has 20 heavy (non-hydrogen) atoms. The molecule has 2 aliphatic rings. The van der Waals surface area contributed by atoms with Crippen molar-refractivity contribution in [2.75, 3.05) is 6.79 Å². The number of Topliss-reactive ketones (excluding diaryl/α,β-unsaturated/α-hetero) is 1. The Hall–Kier alpha value is -1.97. The molecule has 0 aromatic heterocycles. The fraction of sp³-hybridized carbons (Fsp3) is 0.438. The molecule has 3 rings (SSSR count). The number of allylic oxidation sites excluding steroid dienone is 1. The summed E-state index contributed by atoms with van der Waals surface area (Å²) in [5.74, 6) is 2.47. The van der Waals surface area contributed by atoms with Gasteiger partial charge in [0.1, 0.15) is 0 Å². The first kappa shape index (κ1) is 13.0. The minimum absolute atomic E-state index is 0.279. The molecule has 4 heteroatoms. The predicted octanol–water partition coefficient (Wildman–Crippen LogP) is 2.78. The Labute approximate surface area is 118 Å². The van der Waals surface area contributed by atoms with Crippen LogP contribution in [0.1, 0.15) is 31.7 Å². The second-order valence-electron chi connectivity index (χ2n) is 5.51. The number of nitrogens with one attached hydrogen (secondary N) is 1. The molecular weight excluding hydrogens is 254 g/mol. The second-order valence-corrected chi connectivity index (χ2v) is 5.51. The van der Waals surface area contributed by atoms with Crippen LogP contribution in [0.2, 0.25) is 0 Å². The van der Waals surface area contributed by atoms with Crippen molar-refractivity contribution in [3.63, 3.8) is 0 Å². The minimum atomic E-state index is 0.279. The van der Waals surface area contributed by atoms with Crippen molar-refractivity contribution in [1.82, 2.24) is 5.32 Å². The Bertz CT molecular complexity index is 551. The van der Waals surface area contributed by atoms with Crippen LogP contribution in [0.3, 0.4) is 0 Å². The normalized spacial score (nSPS) is 23.1. The van der Waals surface area contributed by atoms with Gasteiger partial charge in [0.25, 0.3) is 0 Å². The first-order valence-corrected chi connectivity index (χ1v) is 7.06. The van der Waals surface area contributed by atoms with Gasteiger partial charge in [0, 0.05) is 24.7 Å². The van der Waals surface area contributed by atoms with Crippen molar-refractivity contribution in [2.24, 2.45) is 5.92 Å². The highest BCUT2D eigenvalue weighted by Crippen LogP contribution is 2.32. The van der Waals surface area contributed by atoms with Crippen molar-refractivity contribution in [3.8, 4) is 11.5 Å². The average molecular weight is 273 g/mol. The third kappa shape index (κ3) is 2.79. The summed E-state index contributed by atoms with van der Waals surface area (Å²) in [7, 11) is 0. The van der Waals surface area contributed by atoms with Crippen LogP contribution in [-0.2, 0) is 11.3 Å². The van der Waals surface area contributed by atoms with E-state index in [1.807, 2.05) is 24.4 Å². The standard InChI is InChI=1S/C16H19NO3/c1-11-2-4-14(18)13(6-11)9-17-8-12-3-5-15-16(7-12)20-10-19-15/h3,5,7,9,11,17H,2,4,6,8,10H2,1H3/b13-9+/t11-/m1/s1. The third-order valence-corrected chi connectivity index (χ3v) is 3.81. The maximum absolute atomic E-state index is 11.8. The average Bonchev–Trinajstić information content (AvgIpc) is 2.90. The molecule has 0 radical (unpaired) electrons. The molecule has 1 aromatic carbocycles. The topological polar surface area (TPSA) is 47.6 Å². The van der Waals surface area contributed by atoms with Gasteiger partial charge < -0.3 is 14.8 Å². The van der Waals surface area contributed by atoms with E-state index in [0.717, 1.165) is 35.5 Å². The molecule has 106 valence electrons. The van der Waals surface area contributed by atoms with Crippen LogP contribution in [0.15, 0.2) is 30.0 Å². The van der Waals surface area contributed by atoms with E-state index in [-0.39, 0.29) is 5.78 Å². The Balaban J connectivity index is 1.60. The van der Waals surface area contributed by atoms with Crippen molar-refractivity contribution in [2.45, 2.75) is 32.7 Å². The van der Waals surface area contributed by atoms with Crippen LogP contribution in [0.5, 0.6) is 11.5 Å². The third-order valence-electron chi connectivity index (χ3n) is 3.81. The van der Waals surface area contributed by atoms with E-state index in [9.17, 15) is 4.79 Å². The fourth-order valence-corrected chi connectivity index (χ4v) is 2.61. The van der Waals surface area contributed by atoms with Gasteiger partial charge in [-0.15, -0.1) is 0 Å². The lowest BCUT2D eigenvalue weighted by atomic mass is 9.86. The number of hydrogen-bond donors (Lipinski definition) is 1. The number of fused-ring (bicyclic) bond motifs is 1. The summed E-state index contributed by atoms with van der Waals surface area (Å²) in [6.07, 6.45) is 4.45. The van der Waals surface area contributed by atoms with Crippen molar-refractivity contribution >= 4 is 5.78 Å². The first-order chi connectivity index (χ1) is 9.72. The number of carbonyl (C=O) groups excluding carboxylic acids is 1. The Morgan fingerprint density at radius 1 is 1.35 bits per heavy atom. The van der Waals surface area contributed by atoms with Crippen LogP contribution >= 0.6 is 0 Å². The zero-order chi connectivity index (χ0) is 13.9. The molecule has 0 amide bonds. The van der Waals surface area contributed by atoms with Gasteiger partial charge in [-0.25, -0.2) is 0 Å². The highest BCUT2D eigenvalue weighted by atomic mass is 16.7. The molecule has 1 heterocycles. The lowest BCUT2D eigenvalue weighted by molar-refractivity contribution is -0.117. The maximum atomic E-state index is 11.8. The molecule has 0 saturated heterocycles. The molecule has 1 aliphatic heterocycles. The van der Waals surface area contributed by atoms with Crippen LogP contribution in [0.4, 0.5) is 0 Å². The summed E-state index contributed by atoms with van der Waals surface area (Å²) in [5, 5.41) is 3.23. The van der Waals surface area contributed by atoms with Gasteiger partial charge in [-0.1, -0.05) is 13.0 Å². The zero-order valence-electron chi connectivity index (χ0n) is 11.6. The fourth-order valence-electron chi connectivity index (χ4n) is 2.61. The quantitative estimate of drug-likeness (QED) is 0.860. The van der Waals surface area contributed by atoms with Crippen molar-refractivity contribution in [3.05, 3.63) is 35.5 Å². The maximum Gasteiger partial charge on any atom is 0.231 e. The van der Waals surface area contributed by atoms with E-state index in [4.69, 9.17) is 9.47 Å². The zero-order valence-corrected chi connectivity index (χ0v) is 11.6. The summed E-state index contributed by atoms with van der Waals surface area (Å²) < 4.78 is 10.6. The van der Waals surface area contributed by atoms with Crippen LogP contribution < -0.4 is 14.8 Å². The number of hydrogen-bond acceptors (Lipinski definition) is 4. The number of ketones is 1. The van der Waals surface area contributed by atoms with E-state index < -0.39 is 0 Å². The lowest BCUT2D eigenvalue weighted by Gasteiger charge is -2.19. The number of benzene rings is 1. The molecule has 1 N–H and O–H groups in total. The van der Waals surface area contributed by atoms with Crippen molar-refractivity contribution in [1.29, 1.82) is 0 Å². The molecule has 0 spiro atoms. The molecule has 1 saturated carbocycles. The summed E-state index contributed by atoms with van der Waals surface area (Å²) in [6.45, 7) is 3.17. The second kappa shape index (κ2) is 5.57. The number of ether oxygens (including phenoxy) is 2. The Morgan fingerprint density at radius 3 is 3.10 bits per heavy atom. The highest BCUT2D eigenvalue weighted by molar-refractivity contribution is 5.95. The van der Waals surface area contributed by atoms with Gasteiger partial charge in [-0.2, -0.15) is 0 Å². The van der Waals surface area contributed by atoms with E-state index in [2.05, 4.69) is 12.2 Å². The molecular formula is C16H19NO3. The highest BCUT2D eigenvalue weighted by Gasteiger charge is 2.20. The van der Waals surface area contributed by atoms with E-state index in [0.29, 0.717) is 25.7 Å². The summed E-state index contributed by atoms with van der Waals surface area (Å²) in [5.41, 5.74) is 2.03. The predicted molar refractivity (Wildman–Crippen MR) is 75.5 cm³/mol. The van der Waals surface area contributed by atoms with E-state index >= 15 is 0 Å². The van der Waals surface area contributed by atoms with Gasteiger partial charge in [-0.3, -0.25) is 4.79 Å². The van der Waals surface area contributed by atoms with E-state index in [1.54, 1.807) is 0 Å². The van der Waals surface area contributed by atoms with E-state index in [1.165, 1.54) is 0 Å². The van der Waals surface area contributed by atoms with Gasteiger partial charge in [0.15, 0.2) is 17.3 Å². The largest absolute Gasteiger partial charge is 0.454 e. The van der Waals surface area contributed by atoms with Gasteiger partial charge in [0.2, 0.25) is 6.79 Å². The number of carbonyl (C=O) groups is 1. The SMILES string of the molecule is C[C@@H]1CCC(=O)/C(=C/NCc2ccc3c(c2)OCO3)C1. The van der Waals surface area contributed by atoms with Crippen molar-refractivity contribution < 1.29 is 14.3 Å². The summed E-state index contributed by atoms with van der Waals surface area (Å²) in [4.78, 5) is 11.8. The molecule has 0 bridgehead atoms. The van der Waals surface area contributed by atoms with Gasteiger partial charge in [-0.05, 0) is 36.5 Å². The summed E-state index contributed by atoms with van der Waals surface area (Å²) in [6, 6.07) is 5.89. The molecule has 1 aliphatic carbocycles. The smallest absolute Gasteiger partial charge is 0.231 e. The molecule has 1 aromatic rings. The van der Waals surface area contributed by atoms with Crippen LogP contribution in [0, 0.1) is 5.92 Å². The molecule has 1 atom stereocenters. The minimum Gasteiger partial charge on any atom is -0.454 e. The monoisotopic (exact) mass is 273 g/mol. The molecule has 1 fully saturated rings. The lowest BCUT2D eigenvalue weighted by Crippen LogP contribution is -2.17. The van der Waals surface area contributed by atoms with Gasteiger partial charge >= 0.3 is 0 Å². The summed E-state index contributed by atoms with van der Waals surface area (Å²) >= 11 is 0. The van der Waals surface area contributed by atoms with Crippen LogP contribution in [-0.4, -0.2) is 12.6 Å². The Morgan fingerprint density at radius 2 is 2.20 bits per heavy atom. The van der Waals surface area contributed by atoms with Crippen LogP contribution in [0.25, 0.3) is 0 Å². The Kier molecular flexibility index (Phi) is 3.63. The molecule has 0 unspecified atom stereocenters. The van der Waals surface area contributed by atoms with Gasteiger partial charge in [0.05, 0.1) is 0 Å².